The summed E-state index contributed by atoms with van der Waals surface area (Å²) < 4.78 is 0. The van der Waals surface area contributed by atoms with Gasteiger partial charge in [0.2, 0.25) is 5.91 Å². The first-order chi connectivity index (χ1) is 12.1. The van der Waals surface area contributed by atoms with Gasteiger partial charge >= 0.3 is 0 Å². The topological polar surface area (TPSA) is 48.5 Å². The number of hydrogen-bond acceptors (Lipinski definition) is 4. The number of nitrogens with zero attached hydrogens (tertiary/aromatic N) is 3. The smallest absolute Gasteiger partial charge is 0.224 e. The molecule has 1 amide bonds. The quantitative estimate of drug-likeness (QED) is 0.908. The number of nitrogens with one attached hydrogen (secondary N) is 1. The summed E-state index contributed by atoms with van der Waals surface area (Å²) in [4.78, 5) is 21.0. The van der Waals surface area contributed by atoms with Crippen molar-refractivity contribution in [1.29, 1.82) is 0 Å². The Hall–Kier alpha value is -2.56. The van der Waals surface area contributed by atoms with E-state index in [1.54, 1.807) is 6.20 Å². The van der Waals surface area contributed by atoms with Crippen LogP contribution in [0.4, 0.5) is 17.2 Å². The number of benzene rings is 1. The summed E-state index contributed by atoms with van der Waals surface area (Å²) in [5, 5.41) is 2.90. The first-order valence-corrected chi connectivity index (χ1v) is 8.92. The molecule has 2 heterocycles. The molecule has 25 heavy (non-hydrogen) atoms. The molecule has 0 atom stereocenters. The zero-order valence-corrected chi connectivity index (χ0v) is 15.0. The fourth-order valence-corrected chi connectivity index (χ4v) is 3.06. The number of hydrogen-bond donors (Lipinski definition) is 1. The van der Waals surface area contributed by atoms with Crippen molar-refractivity contribution in [3.05, 3.63) is 48.7 Å². The van der Waals surface area contributed by atoms with Gasteiger partial charge in [-0.05, 0) is 30.2 Å². The van der Waals surface area contributed by atoms with E-state index in [1.165, 1.54) is 5.69 Å². The number of rotatable bonds is 5. The van der Waals surface area contributed by atoms with E-state index < -0.39 is 0 Å². The third-order valence-corrected chi connectivity index (χ3v) is 4.35. The number of anilines is 3. The van der Waals surface area contributed by atoms with Crippen molar-refractivity contribution >= 4 is 23.1 Å². The summed E-state index contributed by atoms with van der Waals surface area (Å²) in [6.07, 6.45) is 2.28. The minimum atomic E-state index is 0.0426. The van der Waals surface area contributed by atoms with Crippen LogP contribution >= 0.6 is 0 Å². The standard InChI is InChI=1S/C20H26N4O/c1-16(2)14-20(25)22-17-8-9-19(21-15-17)24-12-10-23(11-13-24)18-6-4-3-5-7-18/h3-9,15-16H,10-14H2,1-2H3,(H,22,25). The molecule has 2 aromatic rings. The highest BCUT2D eigenvalue weighted by Crippen LogP contribution is 2.20. The summed E-state index contributed by atoms with van der Waals surface area (Å²) in [6, 6.07) is 14.4. The van der Waals surface area contributed by atoms with Crippen molar-refractivity contribution < 1.29 is 4.79 Å². The van der Waals surface area contributed by atoms with Crippen molar-refractivity contribution in [2.75, 3.05) is 41.3 Å². The maximum atomic E-state index is 11.8. The highest BCUT2D eigenvalue weighted by Gasteiger charge is 2.18. The molecule has 5 nitrogen and oxygen atoms in total. The largest absolute Gasteiger partial charge is 0.368 e. The van der Waals surface area contributed by atoms with Crippen LogP contribution in [0, 0.1) is 5.92 Å². The minimum Gasteiger partial charge on any atom is -0.368 e. The molecule has 0 aliphatic carbocycles. The zero-order chi connectivity index (χ0) is 17.6. The van der Waals surface area contributed by atoms with Crippen LogP contribution in [0.3, 0.4) is 0 Å². The minimum absolute atomic E-state index is 0.0426. The van der Waals surface area contributed by atoms with Crippen LogP contribution in [0.2, 0.25) is 0 Å². The molecule has 0 spiro atoms. The lowest BCUT2D eigenvalue weighted by atomic mass is 10.1. The molecule has 1 fully saturated rings. The molecule has 3 rings (SSSR count). The summed E-state index contributed by atoms with van der Waals surface area (Å²) >= 11 is 0. The van der Waals surface area contributed by atoms with Gasteiger partial charge in [-0.1, -0.05) is 32.0 Å². The maximum absolute atomic E-state index is 11.8. The molecule has 132 valence electrons. The van der Waals surface area contributed by atoms with Gasteiger partial charge in [0.15, 0.2) is 0 Å². The molecule has 5 heteroatoms. The Kier molecular flexibility index (Phi) is 5.53. The molecule has 1 saturated heterocycles. The van der Waals surface area contributed by atoms with E-state index in [2.05, 4.69) is 44.4 Å². The van der Waals surface area contributed by atoms with Gasteiger partial charge in [-0.3, -0.25) is 4.79 Å². The monoisotopic (exact) mass is 338 g/mol. The molecule has 0 radical (unpaired) electrons. The Labute approximate surface area is 149 Å². The van der Waals surface area contributed by atoms with E-state index in [0.29, 0.717) is 12.3 Å². The van der Waals surface area contributed by atoms with Crippen molar-refractivity contribution in [3.8, 4) is 0 Å². The fourth-order valence-electron chi connectivity index (χ4n) is 3.06. The normalized spacial score (nSPS) is 14.7. The van der Waals surface area contributed by atoms with Crippen molar-refractivity contribution in [2.24, 2.45) is 5.92 Å². The number of carbonyl (C=O) groups excluding carboxylic acids is 1. The maximum Gasteiger partial charge on any atom is 0.224 e. The van der Waals surface area contributed by atoms with Gasteiger partial charge in [-0.25, -0.2) is 4.98 Å². The van der Waals surface area contributed by atoms with Crippen LogP contribution < -0.4 is 15.1 Å². The average molecular weight is 338 g/mol. The molecule has 1 N–H and O–H groups in total. The second-order valence-electron chi connectivity index (χ2n) is 6.86. The number of carbonyl (C=O) groups is 1. The average Bonchev–Trinajstić information content (AvgIpc) is 2.62. The Morgan fingerprint density at radius 1 is 1.04 bits per heavy atom. The Balaban J connectivity index is 1.54. The number of piperazine rings is 1. The molecule has 0 bridgehead atoms. The Morgan fingerprint density at radius 2 is 1.72 bits per heavy atom. The summed E-state index contributed by atoms with van der Waals surface area (Å²) in [6.45, 7) is 7.94. The van der Waals surface area contributed by atoms with Crippen LogP contribution in [0.5, 0.6) is 0 Å². The predicted molar refractivity (Wildman–Crippen MR) is 103 cm³/mol. The summed E-state index contributed by atoms with van der Waals surface area (Å²) in [5.41, 5.74) is 2.04. The van der Waals surface area contributed by atoms with Gasteiger partial charge < -0.3 is 15.1 Å². The van der Waals surface area contributed by atoms with Gasteiger partial charge in [0.1, 0.15) is 5.82 Å². The van der Waals surface area contributed by atoms with Crippen LogP contribution in [0.1, 0.15) is 20.3 Å². The predicted octanol–water partition coefficient (Wildman–Crippen LogP) is 3.39. The lowest BCUT2D eigenvalue weighted by Crippen LogP contribution is -2.46. The van der Waals surface area contributed by atoms with E-state index >= 15 is 0 Å². The van der Waals surface area contributed by atoms with E-state index in [-0.39, 0.29) is 5.91 Å². The van der Waals surface area contributed by atoms with Gasteiger partial charge in [-0.2, -0.15) is 0 Å². The van der Waals surface area contributed by atoms with E-state index in [0.717, 1.165) is 37.7 Å². The number of para-hydroxylation sites is 1. The van der Waals surface area contributed by atoms with Crippen LogP contribution in [-0.4, -0.2) is 37.1 Å². The van der Waals surface area contributed by atoms with Crippen molar-refractivity contribution in [1.82, 2.24) is 4.98 Å². The van der Waals surface area contributed by atoms with E-state index in [4.69, 9.17) is 0 Å². The van der Waals surface area contributed by atoms with Crippen LogP contribution in [0.15, 0.2) is 48.7 Å². The SMILES string of the molecule is CC(C)CC(=O)Nc1ccc(N2CCN(c3ccccc3)CC2)nc1. The Morgan fingerprint density at radius 3 is 2.32 bits per heavy atom. The van der Waals surface area contributed by atoms with Gasteiger partial charge in [0, 0.05) is 38.3 Å². The van der Waals surface area contributed by atoms with Gasteiger partial charge in [0.25, 0.3) is 0 Å². The summed E-state index contributed by atoms with van der Waals surface area (Å²) in [7, 11) is 0. The number of pyridine rings is 1. The molecular weight excluding hydrogens is 312 g/mol. The second-order valence-corrected chi connectivity index (χ2v) is 6.86. The Bertz CT molecular complexity index is 677. The molecular formula is C20H26N4O. The first-order valence-electron chi connectivity index (χ1n) is 8.92. The first kappa shape index (κ1) is 17.3. The zero-order valence-electron chi connectivity index (χ0n) is 15.0. The highest BCUT2D eigenvalue weighted by molar-refractivity contribution is 5.90. The van der Waals surface area contributed by atoms with Crippen LogP contribution in [-0.2, 0) is 4.79 Å². The number of amides is 1. The molecule has 0 saturated carbocycles. The van der Waals surface area contributed by atoms with E-state index in [1.807, 2.05) is 32.0 Å². The molecule has 1 aromatic carbocycles. The summed E-state index contributed by atoms with van der Waals surface area (Å²) in [5.74, 6) is 1.36. The third-order valence-electron chi connectivity index (χ3n) is 4.35. The van der Waals surface area contributed by atoms with Crippen LogP contribution in [0.25, 0.3) is 0 Å². The molecule has 0 unspecified atom stereocenters. The molecule has 1 aliphatic heterocycles. The highest BCUT2D eigenvalue weighted by atomic mass is 16.1. The molecule has 1 aliphatic rings. The van der Waals surface area contributed by atoms with Gasteiger partial charge in [-0.15, -0.1) is 0 Å². The van der Waals surface area contributed by atoms with Crippen molar-refractivity contribution in [3.63, 3.8) is 0 Å². The number of aromatic nitrogens is 1. The lowest BCUT2D eigenvalue weighted by Gasteiger charge is -2.36. The van der Waals surface area contributed by atoms with Crippen molar-refractivity contribution in [2.45, 2.75) is 20.3 Å². The van der Waals surface area contributed by atoms with E-state index in [9.17, 15) is 4.79 Å². The fraction of sp³-hybridized carbons (Fsp3) is 0.400. The third kappa shape index (κ3) is 4.72. The second kappa shape index (κ2) is 8.01. The van der Waals surface area contributed by atoms with Gasteiger partial charge in [0.05, 0.1) is 11.9 Å². The molecule has 1 aromatic heterocycles. The lowest BCUT2D eigenvalue weighted by molar-refractivity contribution is -0.116.